The number of piperidine rings is 1. The van der Waals surface area contributed by atoms with E-state index in [-0.39, 0.29) is 19.0 Å². The van der Waals surface area contributed by atoms with Gasteiger partial charge in [0.2, 0.25) is 9.84 Å². The van der Waals surface area contributed by atoms with Crippen molar-refractivity contribution in [2.24, 2.45) is 9.98 Å². The second-order valence-electron chi connectivity index (χ2n) is 15.4. The molecule has 9 nitrogen and oxygen atoms in total. The number of sulfone groups is 1. The van der Waals surface area contributed by atoms with E-state index in [0.29, 0.717) is 0 Å². The lowest BCUT2D eigenvalue weighted by molar-refractivity contribution is -0.0429. The van der Waals surface area contributed by atoms with Crippen molar-refractivity contribution in [2.75, 3.05) is 68.5 Å². The van der Waals surface area contributed by atoms with Gasteiger partial charge in [0.05, 0.1) is 28.1 Å². The molecule has 2 fully saturated rings. The van der Waals surface area contributed by atoms with Gasteiger partial charge in [0.25, 0.3) is 0 Å². The number of nitrogens with one attached hydrogen (secondary N) is 2. The molecule has 4 aliphatic rings. The summed E-state index contributed by atoms with van der Waals surface area (Å²) in [7, 11) is -2.66. The number of halogens is 5. The van der Waals surface area contributed by atoms with Crippen LogP contribution in [-0.2, 0) is 9.84 Å². The van der Waals surface area contributed by atoms with Gasteiger partial charge in [-0.05, 0) is 176 Å². The molecule has 0 saturated carbocycles. The van der Waals surface area contributed by atoms with E-state index in [1.807, 2.05) is 18.2 Å². The van der Waals surface area contributed by atoms with E-state index in [9.17, 15) is 21.6 Å². The summed E-state index contributed by atoms with van der Waals surface area (Å²) in [5.41, 5.74) is 3.75. The van der Waals surface area contributed by atoms with Crippen molar-refractivity contribution in [3.8, 4) is 119 Å². The summed E-state index contributed by atoms with van der Waals surface area (Å²) in [4.78, 5) is 17.2. The lowest BCUT2D eigenvalue weighted by atomic mass is 10.1. The number of piperazine rings is 1. The van der Waals surface area contributed by atoms with Crippen molar-refractivity contribution < 1.29 is 21.6 Å². The number of benzene rings is 4. The molecule has 2 N–H and O–H groups in total. The third-order valence-corrected chi connectivity index (χ3v) is 11.1. The van der Waals surface area contributed by atoms with Gasteiger partial charge in [-0.25, -0.2) is 18.4 Å². The molecule has 384 valence electrons. The van der Waals surface area contributed by atoms with Crippen LogP contribution in [0.2, 0.25) is 0 Å². The number of para-hydroxylation sites is 6. The zero-order valence-electron chi connectivity index (χ0n) is 41.2. The van der Waals surface area contributed by atoms with E-state index >= 15 is 0 Å². The smallest absolute Gasteiger partial charge is 0.356 e. The minimum absolute atomic E-state index is 0. The largest absolute Gasteiger partial charge is 0.497 e. The van der Waals surface area contributed by atoms with Crippen LogP contribution in [0.1, 0.15) is 44.7 Å². The van der Waals surface area contributed by atoms with Crippen molar-refractivity contribution in [1.82, 2.24) is 14.7 Å². The van der Waals surface area contributed by atoms with Gasteiger partial charge in [-0.1, -0.05) is 61.9 Å². The number of likely N-dealkylation sites (tertiary alicyclic amines) is 1. The predicted molar refractivity (Wildman–Crippen MR) is 308 cm³/mol. The van der Waals surface area contributed by atoms with E-state index in [1.165, 1.54) is 30.4 Å². The second-order valence-corrected chi connectivity index (χ2v) is 18.2. The number of hydrogen-bond donors (Lipinski definition) is 2. The first-order valence-corrected chi connectivity index (χ1v) is 25.8. The molecule has 76 heavy (non-hydrogen) atoms. The van der Waals surface area contributed by atoms with Crippen LogP contribution in [0.4, 0.5) is 47.3 Å². The maximum absolute atomic E-state index is 11.0. The zero-order valence-corrected chi connectivity index (χ0v) is 43.6. The number of nitrogens with zero attached hydrogens (tertiary/aromatic N) is 5. The quantitative estimate of drug-likeness (QED) is 0.134. The molecule has 4 aromatic rings. The highest BCUT2D eigenvalue weighted by atomic mass is 35.5. The lowest BCUT2D eigenvalue weighted by Gasteiger charge is -2.34. The van der Waals surface area contributed by atoms with E-state index in [0.717, 1.165) is 85.1 Å². The average Bonchev–Trinajstić information content (AvgIpc) is 3.69. The summed E-state index contributed by atoms with van der Waals surface area (Å²) < 4.78 is 52.0. The third-order valence-electron chi connectivity index (χ3n) is 10.2. The van der Waals surface area contributed by atoms with Gasteiger partial charge >= 0.3 is 5.51 Å². The number of fused-ring (bicyclic) bond motifs is 4. The van der Waals surface area contributed by atoms with Crippen molar-refractivity contribution >= 4 is 78.8 Å². The van der Waals surface area contributed by atoms with E-state index in [2.05, 4.69) is 224 Å². The van der Waals surface area contributed by atoms with Gasteiger partial charge in [0.1, 0.15) is 11.7 Å². The SMILES string of the molecule is C.C#CC#CC#CC#CC#CC#CC#CC#CC#CC#CC.CS(=O)(=O)C(F)(F)F.ClCCl.[11CH3]N1CCN(C2=Nc3ccccc3Nc3ccccc32)CC1.c1ccc2c(c1)N=C(N1CCCCC1)c1ccccc1N2. The van der Waals surface area contributed by atoms with Crippen molar-refractivity contribution in [3.63, 3.8) is 0 Å². The van der Waals surface area contributed by atoms with Crippen molar-refractivity contribution in [3.05, 3.63) is 108 Å². The number of hydrogen-bond acceptors (Lipinski definition) is 9. The fourth-order valence-corrected chi connectivity index (χ4v) is 6.74. The first-order chi connectivity index (χ1) is 36.3. The summed E-state index contributed by atoms with van der Waals surface area (Å²) in [6.45, 7) is 8.11. The molecule has 0 radical (unpaired) electrons. The first kappa shape index (κ1) is 61.6. The van der Waals surface area contributed by atoms with E-state index in [4.69, 9.17) is 39.6 Å². The molecule has 4 aromatic carbocycles. The van der Waals surface area contributed by atoms with Crippen LogP contribution in [0.3, 0.4) is 0 Å². The normalized spacial score (nSPS) is 12.7. The minimum atomic E-state index is -5.09. The Bertz CT molecular complexity index is 3470. The zero-order chi connectivity index (χ0) is 54.2. The number of anilines is 4. The topological polar surface area (TPSA) is 92.6 Å². The van der Waals surface area contributed by atoms with Gasteiger partial charge < -0.3 is 25.3 Å². The summed E-state index contributed by atoms with van der Waals surface area (Å²) >= 11 is 9.53. The number of rotatable bonds is 0. The molecule has 0 atom stereocenters. The predicted octanol–water partition coefficient (Wildman–Crippen LogP) is 10.7. The summed E-state index contributed by atoms with van der Waals surface area (Å²) in [6.07, 6.45) is 8.87. The number of likely N-dealkylation sites (N-methyl/N-ethyl adjacent to an activating group) is 1. The Morgan fingerprint density at radius 2 is 0.855 bits per heavy atom. The fourth-order valence-electron chi connectivity index (χ4n) is 6.74. The van der Waals surface area contributed by atoms with Gasteiger partial charge in [0.15, 0.2) is 0 Å². The van der Waals surface area contributed by atoms with E-state index < -0.39 is 15.3 Å². The average molecular weight is 1070 g/mol. The van der Waals surface area contributed by atoms with Gasteiger partial charge in [0, 0.05) is 79.9 Å². The summed E-state index contributed by atoms with van der Waals surface area (Å²) in [5.74, 6) is 49.1. The number of amidine groups is 2. The van der Waals surface area contributed by atoms with Crippen molar-refractivity contribution in [1.29, 1.82) is 0 Å². The number of alkyl halides is 5. The Morgan fingerprint density at radius 1 is 0.539 bits per heavy atom. The minimum Gasteiger partial charge on any atom is -0.356 e. The van der Waals surface area contributed by atoms with Crippen LogP contribution in [-0.4, -0.2) is 98.2 Å². The van der Waals surface area contributed by atoms with Crippen LogP contribution in [0.25, 0.3) is 0 Å². The molecule has 15 heteroatoms. The molecule has 2 saturated heterocycles. The Labute approximate surface area is 457 Å². The van der Waals surface area contributed by atoms with E-state index in [1.54, 1.807) is 6.92 Å². The molecule has 4 heterocycles. The Hall–Kier alpha value is -8.70. The van der Waals surface area contributed by atoms with Gasteiger partial charge in [-0.3, -0.25) is 0 Å². The molecular formula is C61H52Cl2F3N7O2S. The molecule has 0 aromatic heterocycles. The molecule has 4 aliphatic heterocycles. The fraction of sp³-hybridized carbons (Fsp3) is 0.246. The van der Waals surface area contributed by atoms with Crippen LogP contribution in [0.15, 0.2) is 107 Å². The Balaban J connectivity index is 0.000000272. The molecular weight excluding hydrogens is 1020 g/mol. The molecule has 0 spiro atoms. The highest BCUT2D eigenvalue weighted by Gasteiger charge is 2.41. The first-order valence-electron chi connectivity index (χ1n) is 22.8. The Morgan fingerprint density at radius 3 is 1.21 bits per heavy atom. The maximum Gasteiger partial charge on any atom is 0.497 e. The lowest BCUT2D eigenvalue weighted by Crippen LogP contribution is -2.47. The summed E-state index contributed by atoms with van der Waals surface area (Å²) in [6, 6.07) is 33.4. The maximum atomic E-state index is 11.0. The number of terminal acetylenes is 1. The molecule has 0 aliphatic carbocycles. The highest BCUT2D eigenvalue weighted by Crippen LogP contribution is 2.36. The Kier molecular flexibility index (Phi) is 27.5. The van der Waals surface area contributed by atoms with Crippen molar-refractivity contribution in [2.45, 2.75) is 39.1 Å². The van der Waals surface area contributed by atoms with Gasteiger partial charge in [-0.2, -0.15) is 13.2 Å². The monoisotopic (exact) mass is 1070 g/mol. The van der Waals surface area contributed by atoms with Crippen LogP contribution < -0.4 is 10.6 Å². The second kappa shape index (κ2) is 33.9. The molecule has 8 rings (SSSR count). The molecule has 0 amide bonds. The molecule has 0 bridgehead atoms. The third kappa shape index (κ3) is 21.4. The standard InChI is InChI=1S/C21H4.C18H20N4.C18H19N3.C2H3F3O2S.CH2Cl2.CH4/c1-3-5-7-9-11-13-15-17-19-21-20-18-16-14-12-10-8-6-4-2;1-21-10-12-22(13-11-21)18-14-6-2-3-7-15(14)19-16-8-4-5-9-17(16)20-18;1-6-12-21(13-7-1)18-14-8-2-3-9-15(14)19-16-10-4-5-11-17(16)20-18;1-8(6,7)2(3,4)5;2-1-3;/h1H,2H3;2-9,19H,10-13H2,1H3;2-5,8-11,19H,1,6-7,12-13H2;1H3;1H2;1H4/i;1-1;;;;. The van der Waals surface area contributed by atoms with Crippen LogP contribution in [0, 0.1) is 119 Å². The molecule has 0 unspecified atom stereocenters. The van der Waals surface area contributed by atoms with Crippen LogP contribution in [0.5, 0.6) is 0 Å². The number of aliphatic imine (C=N–C) groups is 2. The summed E-state index contributed by atoms with van der Waals surface area (Å²) in [5, 5.41) is 7.25. The van der Waals surface area contributed by atoms with Crippen LogP contribution >= 0.6 is 23.2 Å². The highest BCUT2D eigenvalue weighted by molar-refractivity contribution is 7.91. The van der Waals surface area contributed by atoms with Gasteiger partial charge in [-0.15, -0.1) is 29.6 Å².